The van der Waals surface area contributed by atoms with Gasteiger partial charge in [0.25, 0.3) is 0 Å². The number of hydrogen-bond donors (Lipinski definition) is 2. The van der Waals surface area contributed by atoms with E-state index in [2.05, 4.69) is 5.32 Å². The lowest BCUT2D eigenvalue weighted by molar-refractivity contribution is -0.116. The number of carbonyl (C=O) groups excluding carboxylic acids is 1. The molecule has 132 valence electrons. The second-order valence-electron chi connectivity index (χ2n) is 6.00. The summed E-state index contributed by atoms with van der Waals surface area (Å²) in [6.45, 7) is 0. The maximum atomic E-state index is 12.2. The monoisotopic (exact) mass is 368 g/mol. The predicted octanol–water partition coefficient (Wildman–Crippen LogP) is 3.72. The number of aromatic carboxylic acids is 1. The van der Waals surface area contributed by atoms with E-state index in [0.29, 0.717) is 11.4 Å². The van der Waals surface area contributed by atoms with Gasteiger partial charge in [-0.2, -0.15) is 0 Å². The number of amides is 1. The first-order valence-corrected chi connectivity index (χ1v) is 8.92. The molecule has 0 aliphatic carbocycles. The van der Waals surface area contributed by atoms with Gasteiger partial charge in [0, 0.05) is 35.2 Å². The third-order valence-corrected chi connectivity index (χ3v) is 5.46. The summed E-state index contributed by atoms with van der Waals surface area (Å²) >= 11 is 1.56. The predicted molar refractivity (Wildman–Crippen MR) is 98.7 cm³/mol. The van der Waals surface area contributed by atoms with Gasteiger partial charge in [-0.1, -0.05) is 12.1 Å². The molecule has 0 fully saturated rings. The van der Waals surface area contributed by atoms with Gasteiger partial charge in [0.1, 0.15) is 11.3 Å². The molecular formula is C19H16N2O4S. The fraction of sp³-hybridized carbons (Fsp3) is 0.158. The van der Waals surface area contributed by atoms with Gasteiger partial charge >= 0.3 is 5.97 Å². The Labute approximate surface area is 153 Å². The normalized spacial score (nSPS) is 16.0. The van der Waals surface area contributed by atoms with Crippen molar-refractivity contribution in [1.29, 1.82) is 0 Å². The van der Waals surface area contributed by atoms with Crippen molar-refractivity contribution in [3.63, 3.8) is 0 Å². The molecule has 0 saturated carbocycles. The van der Waals surface area contributed by atoms with Gasteiger partial charge < -0.3 is 19.7 Å². The Balaban J connectivity index is 1.97. The van der Waals surface area contributed by atoms with Crippen molar-refractivity contribution >= 4 is 28.9 Å². The summed E-state index contributed by atoms with van der Waals surface area (Å²) in [7, 11) is 1.58. The van der Waals surface area contributed by atoms with Crippen LogP contribution in [0.4, 0.5) is 5.69 Å². The molecule has 6 nitrogen and oxygen atoms in total. The van der Waals surface area contributed by atoms with Crippen LogP contribution in [0.15, 0.2) is 48.0 Å². The van der Waals surface area contributed by atoms with Gasteiger partial charge in [0.05, 0.1) is 18.5 Å². The molecule has 1 aliphatic heterocycles. The Kier molecular flexibility index (Phi) is 4.00. The van der Waals surface area contributed by atoms with E-state index in [1.807, 2.05) is 46.3 Å². The van der Waals surface area contributed by atoms with Crippen LogP contribution in [0, 0.1) is 0 Å². The molecule has 1 unspecified atom stereocenters. The third kappa shape index (κ3) is 2.66. The quantitative estimate of drug-likeness (QED) is 0.735. The molecular weight excluding hydrogens is 352 g/mol. The number of carboxylic acids is 1. The lowest BCUT2D eigenvalue weighted by Gasteiger charge is -2.25. The summed E-state index contributed by atoms with van der Waals surface area (Å²) < 4.78 is 7.13. The number of thiophene rings is 1. The van der Waals surface area contributed by atoms with E-state index >= 15 is 0 Å². The van der Waals surface area contributed by atoms with Crippen LogP contribution in [0.1, 0.15) is 33.3 Å². The summed E-state index contributed by atoms with van der Waals surface area (Å²) in [6, 6.07) is 11.3. The Morgan fingerprint density at radius 2 is 2.19 bits per heavy atom. The summed E-state index contributed by atoms with van der Waals surface area (Å²) in [4.78, 5) is 25.0. The van der Waals surface area contributed by atoms with Gasteiger partial charge in [-0.3, -0.25) is 4.79 Å². The molecule has 2 aromatic heterocycles. The highest BCUT2D eigenvalue weighted by Crippen LogP contribution is 2.43. The van der Waals surface area contributed by atoms with E-state index in [0.717, 1.165) is 16.3 Å². The van der Waals surface area contributed by atoms with Gasteiger partial charge in [0.2, 0.25) is 5.91 Å². The lowest BCUT2D eigenvalue weighted by atomic mass is 9.93. The molecule has 0 spiro atoms. The average molecular weight is 368 g/mol. The smallest absolute Gasteiger partial charge is 0.339 e. The molecule has 3 heterocycles. The minimum Gasteiger partial charge on any atom is -0.497 e. The van der Waals surface area contributed by atoms with Crippen LogP contribution in [0.25, 0.3) is 5.69 Å². The zero-order chi connectivity index (χ0) is 18.3. The van der Waals surface area contributed by atoms with Crippen molar-refractivity contribution in [3.8, 4) is 11.4 Å². The van der Waals surface area contributed by atoms with E-state index < -0.39 is 5.97 Å². The molecule has 1 aliphatic rings. The van der Waals surface area contributed by atoms with Gasteiger partial charge in [0.15, 0.2) is 0 Å². The second-order valence-corrected chi connectivity index (χ2v) is 6.98. The van der Waals surface area contributed by atoms with Gasteiger partial charge in [-0.15, -0.1) is 11.3 Å². The molecule has 0 bridgehead atoms. The maximum Gasteiger partial charge on any atom is 0.339 e. The molecule has 1 amide bonds. The maximum absolute atomic E-state index is 12.2. The van der Waals surface area contributed by atoms with Crippen LogP contribution in [-0.2, 0) is 4.79 Å². The number of fused-ring (bicyclic) bond motifs is 1. The Morgan fingerprint density at radius 3 is 2.88 bits per heavy atom. The van der Waals surface area contributed by atoms with Gasteiger partial charge in [-0.05, 0) is 23.6 Å². The number of rotatable bonds is 4. The number of carboxylic acid groups (broad SMARTS) is 1. The highest BCUT2D eigenvalue weighted by Gasteiger charge is 2.34. The van der Waals surface area contributed by atoms with Crippen molar-refractivity contribution in [1.82, 2.24) is 4.57 Å². The molecule has 1 atom stereocenters. The molecule has 26 heavy (non-hydrogen) atoms. The molecule has 2 N–H and O–H groups in total. The van der Waals surface area contributed by atoms with E-state index in [4.69, 9.17) is 4.74 Å². The number of nitrogens with zero attached hydrogens (tertiary/aromatic N) is 1. The summed E-state index contributed by atoms with van der Waals surface area (Å²) in [5, 5.41) is 14.3. The highest BCUT2D eigenvalue weighted by molar-refractivity contribution is 7.10. The number of aromatic nitrogens is 1. The minimum atomic E-state index is -1.07. The Bertz CT molecular complexity index is 991. The fourth-order valence-corrected chi connectivity index (χ4v) is 4.16. The van der Waals surface area contributed by atoms with Crippen molar-refractivity contribution in [2.45, 2.75) is 12.3 Å². The highest BCUT2D eigenvalue weighted by atomic mass is 32.1. The number of benzene rings is 1. The first-order valence-electron chi connectivity index (χ1n) is 8.04. The number of nitrogens with one attached hydrogen (secondary N) is 1. The summed E-state index contributed by atoms with van der Waals surface area (Å²) in [5.74, 6) is -0.774. The number of methoxy groups -OCH3 is 1. The van der Waals surface area contributed by atoms with Crippen molar-refractivity contribution < 1.29 is 19.4 Å². The first-order chi connectivity index (χ1) is 12.6. The van der Waals surface area contributed by atoms with E-state index in [-0.39, 0.29) is 23.8 Å². The fourth-order valence-electron chi connectivity index (χ4n) is 3.33. The number of anilines is 1. The van der Waals surface area contributed by atoms with E-state index in [1.165, 1.54) is 0 Å². The molecule has 1 aromatic carbocycles. The standard InChI is InChI=1S/C19H16N2O4S/c1-25-12-5-2-4-11(8-12)21-10-14(19(23)24)17-18(21)13(9-16(22)20-17)15-6-3-7-26-15/h2-8,10,13H,9H2,1H3,(H,20,22)(H,23,24). The SMILES string of the molecule is COc1cccc(-n2cc(C(=O)O)c3c2C(c2cccs2)CC(=O)N3)c1. The summed E-state index contributed by atoms with van der Waals surface area (Å²) in [5.41, 5.74) is 2.01. The van der Waals surface area contributed by atoms with Crippen molar-refractivity contribution in [3.05, 3.63) is 64.1 Å². The Hall–Kier alpha value is -3.06. The van der Waals surface area contributed by atoms with Crippen LogP contribution in [0.5, 0.6) is 5.75 Å². The molecule has 0 radical (unpaired) electrons. The second kappa shape index (κ2) is 6.34. The Morgan fingerprint density at radius 1 is 1.35 bits per heavy atom. The van der Waals surface area contributed by atoms with Crippen molar-refractivity contribution in [2.24, 2.45) is 0 Å². The molecule has 7 heteroatoms. The zero-order valence-corrected chi connectivity index (χ0v) is 14.7. The van der Waals surface area contributed by atoms with Crippen molar-refractivity contribution in [2.75, 3.05) is 12.4 Å². The van der Waals surface area contributed by atoms with Crippen LogP contribution in [0.2, 0.25) is 0 Å². The van der Waals surface area contributed by atoms with E-state index in [1.54, 1.807) is 24.6 Å². The molecule has 0 saturated heterocycles. The summed E-state index contributed by atoms with van der Waals surface area (Å²) in [6.07, 6.45) is 1.84. The van der Waals surface area contributed by atoms with Gasteiger partial charge in [-0.25, -0.2) is 4.79 Å². The van der Waals surface area contributed by atoms with Crippen LogP contribution < -0.4 is 10.1 Å². The molecule has 4 rings (SSSR count). The lowest BCUT2D eigenvalue weighted by Crippen LogP contribution is -2.25. The first kappa shape index (κ1) is 16.4. The zero-order valence-electron chi connectivity index (χ0n) is 13.9. The van der Waals surface area contributed by atoms with Crippen LogP contribution in [0.3, 0.4) is 0 Å². The largest absolute Gasteiger partial charge is 0.497 e. The molecule has 3 aromatic rings. The number of carbonyl (C=O) groups is 2. The number of hydrogen-bond acceptors (Lipinski definition) is 4. The topological polar surface area (TPSA) is 80.6 Å². The minimum absolute atomic E-state index is 0.0810. The third-order valence-electron chi connectivity index (χ3n) is 4.48. The number of ether oxygens (including phenoxy) is 1. The van der Waals surface area contributed by atoms with E-state index in [9.17, 15) is 14.7 Å². The van der Waals surface area contributed by atoms with Crippen LogP contribution >= 0.6 is 11.3 Å². The van der Waals surface area contributed by atoms with Crippen LogP contribution in [-0.4, -0.2) is 28.7 Å². The average Bonchev–Trinajstić information content (AvgIpc) is 3.29.